The molecule has 3 aromatic rings. The molecule has 1 aliphatic heterocycles. The number of hydrogen-bond donors (Lipinski definition) is 3. The molecule has 32 heavy (non-hydrogen) atoms. The highest BCUT2D eigenvalue weighted by molar-refractivity contribution is 5.82. The van der Waals surface area contributed by atoms with Gasteiger partial charge in [0.15, 0.2) is 0 Å². The van der Waals surface area contributed by atoms with Crippen molar-refractivity contribution < 1.29 is 4.79 Å². The number of amides is 1. The van der Waals surface area contributed by atoms with Crippen LogP contribution in [0.3, 0.4) is 0 Å². The molecule has 0 aliphatic carbocycles. The maximum Gasteiger partial charge on any atom is 0.237 e. The van der Waals surface area contributed by atoms with E-state index in [1.807, 2.05) is 6.07 Å². The molecule has 1 amide bonds. The molecule has 1 heterocycles. The number of fused-ring (bicyclic) bond motifs is 1. The lowest BCUT2D eigenvalue weighted by Gasteiger charge is -2.29. The number of aryl methyl sites for hydroxylation is 3. The fraction of sp³-hybridized carbons (Fsp3) is 0.321. The number of hydrogen-bond acceptors (Lipinski definition) is 3. The van der Waals surface area contributed by atoms with Crippen molar-refractivity contribution in [3.63, 3.8) is 0 Å². The van der Waals surface area contributed by atoms with Crippen molar-refractivity contribution in [3.05, 3.63) is 99.6 Å². The number of rotatable bonds is 6. The summed E-state index contributed by atoms with van der Waals surface area (Å²) in [5.41, 5.74) is 15.9. The van der Waals surface area contributed by atoms with Gasteiger partial charge in [0.25, 0.3) is 0 Å². The third-order valence-electron chi connectivity index (χ3n) is 6.41. The fourth-order valence-corrected chi connectivity index (χ4v) is 4.78. The summed E-state index contributed by atoms with van der Waals surface area (Å²) in [5.74, 6) is -0.0873. The van der Waals surface area contributed by atoms with E-state index in [0.29, 0.717) is 6.42 Å². The van der Waals surface area contributed by atoms with Crippen LogP contribution < -0.4 is 16.4 Å². The fourth-order valence-electron chi connectivity index (χ4n) is 4.78. The van der Waals surface area contributed by atoms with Crippen molar-refractivity contribution in [1.29, 1.82) is 0 Å². The Morgan fingerprint density at radius 3 is 2.47 bits per heavy atom. The van der Waals surface area contributed by atoms with Gasteiger partial charge < -0.3 is 16.4 Å². The molecule has 4 N–H and O–H groups in total. The summed E-state index contributed by atoms with van der Waals surface area (Å²) in [5, 5.41) is 6.70. The maximum atomic E-state index is 13.0. The van der Waals surface area contributed by atoms with Crippen molar-refractivity contribution >= 4 is 11.6 Å². The number of carbonyl (C=O) groups excluding carboxylic acids is 1. The average Bonchev–Trinajstić information content (AvgIpc) is 2.77. The number of carbonyl (C=O) groups is 1. The van der Waals surface area contributed by atoms with Crippen LogP contribution in [0.1, 0.15) is 51.4 Å². The van der Waals surface area contributed by atoms with E-state index in [0.717, 1.165) is 30.6 Å². The minimum Gasteiger partial charge on any atom is -0.385 e. The Bertz CT molecular complexity index is 1080. The Labute approximate surface area is 191 Å². The van der Waals surface area contributed by atoms with Crippen LogP contribution in [0.25, 0.3) is 0 Å². The zero-order chi connectivity index (χ0) is 22.7. The van der Waals surface area contributed by atoms with E-state index in [9.17, 15) is 4.79 Å². The van der Waals surface area contributed by atoms with Gasteiger partial charge in [-0.15, -0.1) is 0 Å². The van der Waals surface area contributed by atoms with Gasteiger partial charge in [-0.1, -0.05) is 60.2 Å². The summed E-state index contributed by atoms with van der Waals surface area (Å²) in [6.07, 6.45) is 2.28. The van der Waals surface area contributed by atoms with Gasteiger partial charge in [0.05, 0.1) is 12.1 Å². The van der Waals surface area contributed by atoms with Gasteiger partial charge in [0.1, 0.15) is 0 Å². The normalized spacial score (nSPS) is 16.1. The van der Waals surface area contributed by atoms with E-state index in [1.165, 1.54) is 33.4 Å². The first-order valence-corrected chi connectivity index (χ1v) is 11.4. The second-order valence-electron chi connectivity index (χ2n) is 9.05. The van der Waals surface area contributed by atoms with Crippen LogP contribution in [0.5, 0.6) is 0 Å². The first kappa shape index (κ1) is 22.1. The molecule has 0 saturated carbocycles. The van der Waals surface area contributed by atoms with Crippen molar-refractivity contribution in [3.8, 4) is 0 Å². The van der Waals surface area contributed by atoms with Crippen LogP contribution >= 0.6 is 0 Å². The maximum absolute atomic E-state index is 13.0. The van der Waals surface area contributed by atoms with Crippen molar-refractivity contribution in [2.45, 2.75) is 52.1 Å². The van der Waals surface area contributed by atoms with Crippen molar-refractivity contribution in [2.24, 2.45) is 5.73 Å². The molecule has 0 bridgehead atoms. The first-order chi connectivity index (χ1) is 15.4. The van der Waals surface area contributed by atoms with Crippen LogP contribution in [0.2, 0.25) is 0 Å². The largest absolute Gasteiger partial charge is 0.385 e. The quantitative estimate of drug-likeness (QED) is 0.532. The Morgan fingerprint density at radius 2 is 1.75 bits per heavy atom. The molecule has 4 heteroatoms. The Kier molecular flexibility index (Phi) is 6.61. The molecule has 166 valence electrons. The SMILES string of the molecule is Cc1cc(C)c(C[C@H](N)C(=O)N[C@@H]2CCNc3ccc(Cc4ccccc4)cc32)c(C)c1. The van der Waals surface area contributed by atoms with E-state index in [1.54, 1.807) is 0 Å². The first-order valence-electron chi connectivity index (χ1n) is 11.4. The molecular formula is C28H33N3O. The second-order valence-corrected chi connectivity index (χ2v) is 9.05. The van der Waals surface area contributed by atoms with Crippen LogP contribution in [0, 0.1) is 20.8 Å². The van der Waals surface area contributed by atoms with Crippen molar-refractivity contribution in [2.75, 3.05) is 11.9 Å². The summed E-state index contributed by atoms with van der Waals surface area (Å²) >= 11 is 0. The Balaban J connectivity index is 1.48. The lowest BCUT2D eigenvalue weighted by atomic mass is 9.92. The molecule has 2 atom stereocenters. The van der Waals surface area contributed by atoms with E-state index >= 15 is 0 Å². The average molecular weight is 428 g/mol. The molecule has 0 spiro atoms. The molecule has 4 rings (SSSR count). The van der Waals surface area contributed by atoms with Crippen LogP contribution in [0.4, 0.5) is 5.69 Å². The van der Waals surface area contributed by atoms with Gasteiger partial charge in [-0.3, -0.25) is 4.79 Å². The van der Waals surface area contributed by atoms with Crippen molar-refractivity contribution in [1.82, 2.24) is 5.32 Å². The predicted octanol–water partition coefficient (Wildman–Crippen LogP) is 4.75. The molecule has 1 aliphatic rings. The molecule has 0 radical (unpaired) electrons. The summed E-state index contributed by atoms with van der Waals surface area (Å²) in [6, 6.07) is 20.7. The monoisotopic (exact) mass is 427 g/mol. The van der Waals surface area contributed by atoms with E-state index in [2.05, 4.69) is 86.0 Å². The predicted molar refractivity (Wildman–Crippen MR) is 132 cm³/mol. The molecule has 3 aromatic carbocycles. The molecular weight excluding hydrogens is 394 g/mol. The number of anilines is 1. The Hall–Kier alpha value is -3.11. The van der Waals surface area contributed by atoms with Gasteiger partial charge in [-0.05, 0) is 79.5 Å². The van der Waals surface area contributed by atoms with Gasteiger partial charge in [0.2, 0.25) is 5.91 Å². The van der Waals surface area contributed by atoms with Crippen LogP contribution in [0.15, 0.2) is 60.7 Å². The summed E-state index contributed by atoms with van der Waals surface area (Å²) < 4.78 is 0. The minimum atomic E-state index is -0.569. The highest BCUT2D eigenvalue weighted by atomic mass is 16.2. The zero-order valence-electron chi connectivity index (χ0n) is 19.2. The van der Waals surface area contributed by atoms with Gasteiger partial charge in [-0.2, -0.15) is 0 Å². The third-order valence-corrected chi connectivity index (χ3v) is 6.41. The number of nitrogens with one attached hydrogen (secondary N) is 2. The molecule has 0 saturated heterocycles. The Morgan fingerprint density at radius 1 is 1.03 bits per heavy atom. The molecule has 0 aromatic heterocycles. The third kappa shape index (κ3) is 5.03. The highest BCUT2D eigenvalue weighted by Crippen LogP contribution is 2.31. The van der Waals surface area contributed by atoms with Gasteiger partial charge >= 0.3 is 0 Å². The van der Waals surface area contributed by atoms with E-state index in [4.69, 9.17) is 5.73 Å². The number of nitrogens with two attached hydrogens (primary N) is 1. The zero-order valence-corrected chi connectivity index (χ0v) is 19.2. The smallest absolute Gasteiger partial charge is 0.237 e. The lowest BCUT2D eigenvalue weighted by molar-refractivity contribution is -0.123. The minimum absolute atomic E-state index is 0.0271. The summed E-state index contributed by atoms with van der Waals surface area (Å²) in [6.45, 7) is 7.12. The molecule has 0 fully saturated rings. The summed E-state index contributed by atoms with van der Waals surface area (Å²) in [4.78, 5) is 13.0. The van der Waals surface area contributed by atoms with E-state index < -0.39 is 6.04 Å². The number of benzene rings is 3. The van der Waals surface area contributed by atoms with Gasteiger partial charge in [-0.25, -0.2) is 0 Å². The standard InChI is InChI=1S/C28H33N3O/c1-18-13-19(2)23(20(3)14-18)17-25(29)28(32)31-27-11-12-30-26-10-9-22(16-24(26)27)15-21-7-5-4-6-8-21/h4-10,13-14,16,25,27,30H,11-12,15,17,29H2,1-3H3,(H,31,32)/t25-,27+/m0/s1. The van der Waals surface area contributed by atoms with Crippen LogP contribution in [-0.2, 0) is 17.6 Å². The van der Waals surface area contributed by atoms with Gasteiger partial charge in [0, 0.05) is 12.2 Å². The summed E-state index contributed by atoms with van der Waals surface area (Å²) in [7, 11) is 0. The molecule has 4 nitrogen and oxygen atoms in total. The molecule has 0 unspecified atom stereocenters. The second kappa shape index (κ2) is 9.58. The lowest BCUT2D eigenvalue weighted by Crippen LogP contribution is -2.44. The van der Waals surface area contributed by atoms with E-state index in [-0.39, 0.29) is 11.9 Å². The topological polar surface area (TPSA) is 67.2 Å². The highest BCUT2D eigenvalue weighted by Gasteiger charge is 2.25. The van der Waals surface area contributed by atoms with Crippen LogP contribution in [-0.4, -0.2) is 18.5 Å².